The van der Waals surface area contributed by atoms with Crippen LogP contribution in [0.15, 0.2) is 48.5 Å². The number of halogens is 6. The van der Waals surface area contributed by atoms with Crippen molar-refractivity contribution in [2.24, 2.45) is 23.7 Å². The summed E-state index contributed by atoms with van der Waals surface area (Å²) in [6.07, 6.45) is -9.28. The monoisotopic (exact) mass is 626 g/mol. The van der Waals surface area contributed by atoms with Crippen LogP contribution in [0.1, 0.15) is 48.2 Å². The molecule has 2 saturated heterocycles. The molecule has 0 amide bonds. The van der Waals surface area contributed by atoms with E-state index < -0.39 is 93.8 Å². The quantitative estimate of drug-likeness (QED) is 0.384. The summed E-state index contributed by atoms with van der Waals surface area (Å²) in [6, 6.07) is 5.58. The van der Waals surface area contributed by atoms with Crippen LogP contribution in [0.4, 0.5) is 26.3 Å². The Morgan fingerprint density at radius 2 is 0.955 bits per heavy atom. The second-order valence-corrected chi connectivity index (χ2v) is 11.7. The first-order chi connectivity index (χ1) is 20.4. The lowest BCUT2D eigenvalue weighted by Crippen LogP contribution is -2.61. The fraction of sp³-hybridized carbons (Fsp3) is 0.467. The fourth-order valence-corrected chi connectivity index (χ4v) is 7.24. The van der Waals surface area contributed by atoms with Crippen molar-refractivity contribution in [3.8, 4) is 0 Å². The van der Waals surface area contributed by atoms with Crippen molar-refractivity contribution in [2.45, 2.75) is 49.4 Å². The number of hydrogen-bond donors (Lipinski definition) is 2. The molecule has 0 bridgehead atoms. The molecule has 1 aliphatic carbocycles. The summed E-state index contributed by atoms with van der Waals surface area (Å²) in [6.45, 7) is 2.69. The van der Waals surface area contributed by atoms with E-state index >= 15 is 0 Å². The zero-order valence-electron chi connectivity index (χ0n) is 23.8. The first-order valence-electron chi connectivity index (χ1n) is 13.5. The van der Waals surface area contributed by atoms with Crippen molar-refractivity contribution in [1.82, 2.24) is 10.6 Å². The second kappa shape index (κ2) is 10.4. The van der Waals surface area contributed by atoms with Gasteiger partial charge in [0.1, 0.15) is 22.6 Å². The molecule has 0 radical (unpaired) electrons. The molecule has 0 aromatic heterocycles. The molecule has 2 aliphatic heterocycles. The average molecular weight is 627 g/mol. The lowest BCUT2D eigenvalue weighted by Gasteiger charge is -2.41. The van der Waals surface area contributed by atoms with Gasteiger partial charge in [0.2, 0.25) is 0 Å². The zero-order chi connectivity index (χ0) is 32.6. The summed E-state index contributed by atoms with van der Waals surface area (Å²) < 4.78 is 89.6. The molecule has 2 aromatic carbocycles. The predicted octanol–water partition coefficient (Wildman–Crippen LogP) is 4.19. The van der Waals surface area contributed by atoms with Crippen LogP contribution < -0.4 is 10.6 Å². The molecular weight excluding hydrogens is 598 g/mol. The van der Waals surface area contributed by atoms with Crippen LogP contribution in [0.2, 0.25) is 0 Å². The SMILES string of the molecule is COC(=O)[C@@]1(C)N[C@@H](c2ccc(C(F)(F)F)cc2)[C@H]2C(=O)[C@H]3[C@@H](C(=O)[C@H]21)[C@@](C)(C(=O)OC)N[C@H]3c1ccc(C(F)(F)F)cc1. The molecule has 3 fully saturated rings. The number of fused-ring (bicyclic) bond motifs is 2. The van der Waals surface area contributed by atoms with Crippen LogP contribution in [0.3, 0.4) is 0 Å². The number of nitrogens with one attached hydrogen (secondary N) is 2. The maximum atomic E-state index is 14.6. The lowest BCUT2D eigenvalue weighted by atomic mass is 9.58. The Morgan fingerprint density at radius 1 is 0.636 bits per heavy atom. The molecule has 0 unspecified atom stereocenters. The number of rotatable bonds is 4. The Hall–Kier alpha value is -3.78. The van der Waals surface area contributed by atoms with Gasteiger partial charge < -0.3 is 9.47 Å². The first-order valence-corrected chi connectivity index (χ1v) is 13.5. The van der Waals surface area contributed by atoms with Crippen molar-refractivity contribution >= 4 is 23.5 Å². The average Bonchev–Trinajstić information content (AvgIpc) is 3.48. The number of Topliss-reactive ketones (excluding diaryl/α,β-unsaturated/α-hetero) is 2. The first kappa shape index (κ1) is 31.6. The zero-order valence-corrected chi connectivity index (χ0v) is 23.8. The number of benzene rings is 2. The molecule has 236 valence electrons. The smallest absolute Gasteiger partial charge is 0.416 e. The Labute approximate surface area is 247 Å². The van der Waals surface area contributed by atoms with Crippen LogP contribution in [0.25, 0.3) is 0 Å². The number of ketones is 2. The third-order valence-electron chi connectivity index (χ3n) is 9.27. The number of alkyl halides is 6. The fourth-order valence-electron chi connectivity index (χ4n) is 7.24. The van der Waals surface area contributed by atoms with Crippen LogP contribution in [-0.2, 0) is 41.0 Å². The van der Waals surface area contributed by atoms with Gasteiger partial charge in [-0.2, -0.15) is 26.3 Å². The minimum atomic E-state index is -4.64. The van der Waals surface area contributed by atoms with Crippen molar-refractivity contribution < 1.29 is 55.0 Å². The van der Waals surface area contributed by atoms with E-state index in [0.717, 1.165) is 62.8 Å². The standard InChI is InChI=1S/C30H28F6N2O6/c1-27(25(41)43-3)19-17(21(37-27)13-5-9-15(10-6-13)29(31,32)33)23(39)18-20(24(19)40)28(2,26(42)44-4)38-22(18)14-7-11-16(12-8-14)30(34,35)36/h5-12,17-22,37-38H,1-4H3/t17-,18-,19-,20-,21-,22-,27-,28-/m0/s1. The molecule has 2 N–H and O–H groups in total. The topological polar surface area (TPSA) is 111 Å². The summed E-state index contributed by atoms with van der Waals surface area (Å²) >= 11 is 0. The molecule has 2 heterocycles. The summed E-state index contributed by atoms with van der Waals surface area (Å²) in [5.41, 5.74) is -5.18. The van der Waals surface area contributed by atoms with E-state index in [-0.39, 0.29) is 11.1 Å². The summed E-state index contributed by atoms with van der Waals surface area (Å²) in [7, 11) is 2.15. The molecule has 14 heteroatoms. The third kappa shape index (κ3) is 4.69. The van der Waals surface area contributed by atoms with Crippen molar-refractivity contribution in [3.63, 3.8) is 0 Å². The molecule has 5 rings (SSSR count). The number of ether oxygens (including phenoxy) is 2. The highest BCUT2D eigenvalue weighted by Gasteiger charge is 2.72. The van der Waals surface area contributed by atoms with E-state index in [9.17, 15) is 45.5 Å². The van der Waals surface area contributed by atoms with Crippen LogP contribution >= 0.6 is 0 Å². The van der Waals surface area contributed by atoms with Gasteiger partial charge in [-0.05, 0) is 49.2 Å². The van der Waals surface area contributed by atoms with Crippen LogP contribution in [0.5, 0.6) is 0 Å². The van der Waals surface area contributed by atoms with Crippen molar-refractivity contribution in [3.05, 3.63) is 70.8 Å². The second-order valence-electron chi connectivity index (χ2n) is 11.7. The van der Waals surface area contributed by atoms with Gasteiger partial charge in [0.05, 0.1) is 37.2 Å². The van der Waals surface area contributed by atoms with Crippen molar-refractivity contribution in [1.29, 1.82) is 0 Å². The van der Waals surface area contributed by atoms with Gasteiger partial charge >= 0.3 is 24.3 Å². The largest absolute Gasteiger partial charge is 0.468 e. The van der Waals surface area contributed by atoms with Crippen LogP contribution in [-0.4, -0.2) is 48.8 Å². The molecule has 2 aromatic rings. The van der Waals surface area contributed by atoms with E-state index in [1.807, 2.05) is 0 Å². The molecule has 8 atom stereocenters. The van der Waals surface area contributed by atoms with E-state index in [0.29, 0.717) is 0 Å². The highest BCUT2D eigenvalue weighted by Crippen LogP contribution is 2.57. The summed E-state index contributed by atoms with van der Waals surface area (Å²) in [5.74, 6) is -8.52. The molecule has 3 aliphatic rings. The van der Waals surface area contributed by atoms with E-state index in [2.05, 4.69) is 10.6 Å². The highest BCUT2D eigenvalue weighted by atomic mass is 19.4. The van der Waals surface area contributed by atoms with Crippen molar-refractivity contribution in [2.75, 3.05) is 14.2 Å². The van der Waals surface area contributed by atoms with Gasteiger partial charge in [0, 0.05) is 23.9 Å². The van der Waals surface area contributed by atoms with Crippen LogP contribution in [0, 0.1) is 23.7 Å². The maximum Gasteiger partial charge on any atom is 0.416 e. The molecular formula is C30H28F6N2O6. The van der Waals surface area contributed by atoms with Gasteiger partial charge in [-0.15, -0.1) is 0 Å². The van der Waals surface area contributed by atoms with Gasteiger partial charge in [-0.25, -0.2) is 0 Å². The Morgan fingerprint density at radius 3 is 1.23 bits per heavy atom. The number of hydrogen-bond acceptors (Lipinski definition) is 8. The van der Waals surface area contributed by atoms with E-state index in [1.54, 1.807) is 0 Å². The molecule has 0 spiro atoms. The minimum absolute atomic E-state index is 0.188. The Balaban J connectivity index is 1.66. The highest BCUT2D eigenvalue weighted by molar-refractivity contribution is 6.08. The number of carbonyl (C=O) groups is 4. The normalized spacial score (nSPS) is 33.5. The van der Waals surface area contributed by atoms with Gasteiger partial charge in [0.25, 0.3) is 0 Å². The lowest BCUT2D eigenvalue weighted by molar-refractivity contribution is -0.160. The number of esters is 2. The Kier molecular flexibility index (Phi) is 7.48. The van der Waals surface area contributed by atoms with E-state index in [4.69, 9.17) is 9.47 Å². The Bertz CT molecular complexity index is 1400. The number of carbonyl (C=O) groups excluding carboxylic acids is 4. The predicted molar refractivity (Wildman–Crippen MR) is 139 cm³/mol. The molecule has 8 nitrogen and oxygen atoms in total. The van der Waals surface area contributed by atoms with Gasteiger partial charge in [-0.1, -0.05) is 24.3 Å². The summed E-state index contributed by atoms with van der Waals surface area (Å²) in [5, 5.41) is 5.95. The van der Waals surface area contributed by atoms with Gasteiger partial charge in [0.15, 0.2) is 0 Å². The summed E-state index contributed by atoms with van der Waals surface area (Å²) in [4.78, 5) is 55.3. The molecule has 1 saturated carbocycles. The maximum absolute atomic E-state index is 14.6. The van der Waals surface area contributed by atoms with E-state index in [1.165, 1.54) is 13.8 Å². The third-order valence-corrected chi connectivity index (χ3v) is 9.27. The minimum Gasteiger partial charge on any atom is -0.468 e. The van der Waals surface area contributed by atoms with Gasteiger partial charge in [-0.3, -0.25) is 29.8 Å². The number of methoxy groups -OCH3 is 2. The molecule has 44 heavy (non-hydrogen) atoms.